The minimum absolute atomic E-state index is 0.116. The average Bonchev–Trinajstić information content (AvgIpc) is 3.34. The molecule has 1 amide bonds. The van der Waals surface area contributed by atoms with E-state index in [0.29, 0.717) is 23.6 Å². The van der Waals surface area contributed by atoms with Gasteiger partial charge >= 0.3 is 0 Å². The van der Waals surface area contributed by atoms with Gasteiger partial charge in [-0.25, -0.2) is 18.9 Å². The summed E-state index contributed by atoms with van der Waals surface area (Å²) in [5.41, 5.74) is 0.908. The molecule has 1 aliphatic carbocycles. The van der Waals surface area contributed by atoms with Gasteiger partial charge in [0.2, 0.25) is 0 Å². The quantitative estimate of drug-likeness (QED) is 0.321. The van der Waals surface area contributed by atoms with Crippen molar-refractivity contribution in [1.29, 1.82) is 0 Å². The summed E-state index contributed by atoms with van der Waals surface area (Å²) in [6.07, 6.45) is 6.51. The van der Waals surface area contributed by atoms with Crippen molar-refractivity contribution in [2.24, 2.45) is 0 Å². The average molecular weight is 475 g/mol. The van der Waals surface area contributed by atoms with Gasteiger partial charge in [0.15, 0.2) is 5.65 Å². The number of halogens is 1. The molecule has 1 saturated carbocycles. The first-order valence-corrected chi connectivity index (χ1v) is 11.8. The van der Waals surface area contributed by atoms with Crippen LogP contribution in [0.15, 0.2) is 30.7 Å². The highest BCUT2D eigenvalue weighted by Crippen LogP contribution is 2.55. The van der Waals surface area contributed by atoms with Crippen molar-refractivity contribution < 1.29 is 19.4 Å². The van der Waals surface area contributed by atoms with Gasteiger partial charge < -0.3 is 15.1 Å². The number of aromatic nitrogens is 4. The van der Waals surface area contributed by atoms with Crippen LogP contribution in [0.2, 0.25) is 0 Å². The Kier molecular flexibility index (Phi) is 4.68. The smallest absolute Gasteiger partial charge is 0.271 e. The molecule has 0 radical (unpaired) electrons. The Balaban J connectivity index is 1.52. The van der Waals surface area contributed by atoms with E-state index >= 15 is 0 Å². The lowest BCUT2D eigenvalue weighted by atomic mass is 9.78. The van der Waals surface area contributed by atoms with E-state index in [1.807, 2.05) is 6.07 Å². The largest absolute Gasteiger partial charge is 0.396 e. The fraction of sp³-hybridized carbons (Fsp3) is 0.429. The van der Waals surface area contributed by atoms with Crippen LogP contribution in [0.25, 0.3) is 5.65 Å². The van der Waals surface area contributed by atoms with E-state index in [4.69, 9.17) is 4.98 Å². The fourth-order valence-electron chi connectivity index (χ4n) is 5.90. The second kappa shape index (κ2) is 7.28. The summed E-state index contributed by atoms with van der Waals surface area (Å²) in [6, 6.07) is 3.26. The lowest BCUT2D eigenvalue weighted by Crippen LogP contribution is -2.57. The third-order valence-corrected chi connectivity index (χ3v) is 8.61. The number of nitrogens with zero attached hydrogens (tertiary/aromatic N) is 6. The van der Waals surface area contributed by atoms with Crippen molar-refractivity contribution in [1.82, 2.24) is 30.0 Å². The molecular weight excluding hydrogens is 450 g/mol. The molecule has 5 heterocycles. The molecule has 35 heavy (non-hydrogen) atoms. The number of hydrogen-bond acceptors (Lipinski definition) is 8. The Morgan fingerprint density at radius 3 is 2.69 bits per heavy atom. The minimum Gasteiger partial charge on any atom is -0.396 e. The molecule has 3 aliphatic rings. The summed E-state index contributed by atoms with van der Waals surface area (Å²) in [5.74, 6) is -0.179. The molecule has 0 aromatic carbocycles. The van der Waals surface area contributed by atoms with Crippen LogP contribution >= 0.6 is 0 Å². The number of hydrogen-bond donors (Lipinski definition) is 3. The maximum absolute atomic E-state index is 14.4. The van der Waals surface area contributed by atoms with Crippen molar-refractivity contribution in [2.75, 3.05) is 18.0 Å². The zero-order valence-electron chi connectivity index (χ0n) is 19.9. The van der Waals surface area contributed by atoms with Crippen molar-refractivity contribution in [3.8, 4) is 0 Å². The van der Waals surface area contributed by atoms with Crippen LogP contribution in [0.4, 0.5) is 10.2 Å². The number of carbonyl (C=O) groups is 1. The van der Waals surface area contributed by atoms with Crippen molar-refractivity contribution in [3.05, 3.63) is 53.4 Å². The Labute approximate surface area is 203 Å². The Morgan fingerprint density at radius 2 is 1.94 bits per heavy atom. The molecule has 2 aliphatic heterocycles. The molecule has 2 fully saturated rings. The molecule has 6 rings (SSSR count). The van der Waals surface area contributed by atoms with Crippen LogP contribution in [0.5, 0.6) is 0 Å². The van der Waals surface area contributed by atoms with Gasteiger partial charge in [0.05, 0.1) is 34.9 Å². The van der Waals surface area contributed by atoms with Crippen LogP contribution in [0.3, 0.4) is 0 Å². The van der Waals surface area contributed by atoms with E-state index in [-0.39, 0.29) is 18.2 Å². The lowest BCUT2D eigenvalue weighted by molar-refractivity contribution is 0.0621. The monoisotopic (exact) mass is 475 g/mol. The molecule has 3 unspecified atom stereocenters. The third-order valence-electron chi connectivity index (χ3n) is 8.61. The van der Waals surface area contributed by atoms with Crippen LogP contribution < -0.4 is 10.3 Å². The molecule has 3 aromatic rings. The zero-order chi connectivity index (χ0) is 24.8. The first-order valence-electron chi connectivity index (χ1n) is 11.8. The number of aliphatic hydroxyl groups is 2. The highest BCUT2D eigenvalue weighted by atomic mass is 19.1. The van der Waals surface area contributed by atoms with Crippen LogP contribution in [0, 0.1) is 5.82 Å². The van der Waals surface area contributed by atoms with Crippen LogP contribution in [-0.2, 0) is 6.42 Å². The predicted molar refractivity (Wildman–Crippen MR) is 133 cm³/mol. The van der Waals surface area contributed by atoms with Crippen LogP contribution in [0.1, 0.15) is 40.5 Å². The normalized spacial score (nSPS) is 32.9. The summed E-state index contributed by atoms with van der Waals surface area (Å²) in [5, 5.41) is 27.8. The first-order chi connectivity index (χ1) is 16.6. The van der Waals surface area contributed by atoms with Gasteiger partial charge in [0.25, 0.3) is 5.91 Å². The van der Waals surface area contributed by atoms with Gasteiger partial charge in [-0.05, 0) is 30.5 Å². The van der Waals surface area contributed by atoms with Gasteiger partial charge in [-0.15, -0.1) is 0 Å². The van der Waals surface area contributed by atoms with Gasteiger partial charge in [-0.1, -0.05) is 0 Å². The van der Waals surface area contributed by atoms with Gasteiger partial charge in [-0.2, -0.15) is 5.10 Å². The van der Waals surface area contributed by atoms with E-state index in [9.17, 15) is 19.4 Å². The second-order valence-corrected chi connectivity index (χ2v) is 10.2. The summed E-state index contributed by atoms with van der Waals surface area (Å²) < 4.78 is 15.9. The highest BCUT2D eigenvalue weighted by Gasteiger charge is 2.81. The third kappa shape index (κ3) is 2.96. The predicted octanol–water partition coefficient (Wildman–Crippen LogP) is -2.91. The van der Waals surface area contributed by atoms with E-state index in [0.717, 1.165) is 24.9 Å². The zero-order valence-corrected chi connectivity index (χ0v) is 19.9. The molecule has 0 spiro atoms. The highest BCUT2D eigenvalue weighted by molar-refractivity contribution is 6.43. The molecular formula is C21H25B3FN7O3. The van der Waals surface area contributed by atoms with E-state index in [1.165, 1.54) is 23.0 Å². The summed E-state index contributed by atoms with van der Waals surface area (Å²) in [6.45, 7) is 0.984. The maximum atomic E-state index is 14.4. The summed E-state index contributed by atoms with van der Waals surface area (Å²) in [7, 11) is 4.79. The summed E-state index contributed by atoms with van der Waals surface area (Å²) in [4.78, 5) is 24.7. The Hall–Kier alpha value is -2.96. The van der Waals surface area contributed by atoms with Crippen molar-refractivity contribution in [2.45, 2.75) is 41.7 Å². The number of anilines is 1. The number of hydrazine groups is 1. The number of fused-ring (bicyclic) bond motifs is 5. The fourth-order valence-corrected chi connectivity index (χ4v) is 5.90. The second-order valence-electron chi connectivity index (χ2n) is 10.2. The number of rotatable bonds is 1. The number of nitrogens with one attached hydrogen (secondary N) is 1. The van der Waals surface area contributed by atoms with Gasteiger partial charge in [0, 0.05) is 31.4 Å². The molecule has 10 nitrogen and oxygen atoms in total. The van der Waals surface area contributed by atoms with E-state index in [1.54, 1.807) is 34.7 Å². The van der Waals surface area contributed by atoms with Gasteiger partial charge in [-0.3, -0.25) is 15.2 Å². The van der Waals surface area contributed by atoms with E-state index in [2.05, 4.69) is 20.4 Å². The molecule has 3 atom stereocenters. The van der Waals surface area contributed by atoms with E-state index < -0.39 is 28.2 Å². The Bertz CT molecular complexity index is 1350. The number of amides is 1. The molecule has 3 N–H and O–H groups in total. The topological polar surface area (TPSA) is 119 Å². The molecule has 3 aromatic heterocycles. The Morgan fingerprint density at radius 1 is 1.17 bits per heavy atom. The first kappa shape index (κ1) is 22.5. The molecule has 14 heteroatoms. The van der Waals surface area contributed by atoms with Crippen molar-refractivity contribution in [3.63, 3.8) is 0 Å². The summed E-state index contributed by atoms with van der Waals surface area (Å²) >= 11 is 0. The molecule has 1 saturated heterocycles. The van der Waals surface area contributed by atoms with Gasteiger partial charge in [0.1, 0.15) is 40.7 Å². The standard InChI is InChI=1S/C21H25B3FN7O3/c22-19(20(23,34)21(19,24)35)32-7-3-14-12(8-11(25)9-26-14)15-2-1-5-30(15)16-4-6-31-17(28-16)13(10-27-31)18(33)29-32/h4,6,8-10,15,34-35H,1-3,5,7,22-24H2,(H,29,33). The maximum Gasteiger partial charge on any atom is 0.271 e. The molecule has 2 bridgehead atoms. The minimum atomic E-state index is -1.48. The molecule has 178 valence electrons. The lowest BCUT2D eigenvalue weighted by Gasteiger charge is -2.33. The number of carbonyl (C=O) groups excluding carboxylic acids is 1. The SMILES string of the molecule is BC1(O)C(B)(O)C1(B)N1CCc2ncc(F)cc2C2CCCN2c2ccn3ncc(c3n2)C(=O)N1. The van der Waals surface area contributed by atoms with Crippen molar-refractivity contribution >= 4 is 40.9 Å². The van der Waals surface area contributed by atoms with Crippen LogP contribution in [-0.4, -0.2) is 93.8 Å². The number of pyridine rings is 1.